The van der Waals surface area contributed by atoms with Gasteiger partial charge in [0, 0.05) is 12.2 Å². The molecule has 18 heavy (non-hydrogen) atoms. The number of rotatable bonds is 3. The van der Waals surface area contributed by atoms with E-state index in [2.05, 4.69) is 10.3 Å². The maximum Gasteiger partial charge on any atom is 0.159 e. The Kier molecular flexibility index (Phi) is 3.77. The Bertz CT molecular complexity index is 560. The molecule has 0 amide bonds. The molecule has 0 aliphatic carbocycles. The van der Waals surface area contributed by atoms with Gasteiger partial charge in [-0.1, -0.05) is 17.7 Å². The van der Waals surface area contributed by atoms with Gasteiger partial charge in [0.25, 0.3) is 0 Å². The molecule has 1 heterocycles. The molecule has 0 aliphatic heterocycles. The maximum atomic E-state index is 13.1. The summed E-state index contributed by atoms with van der Waals surface area (Å²) in [6.45, 7) is 1.83. The number of aromatic nitrogens is 1. The zero-order valence-electron chi connectivity index (χ0n) is 9.62. The number of benzene rings is 1. The quantitative estimate of drug-likeness (QED) is 0.845. The third kappa shape index (κ3) is 2.76. The second-order valence-corrected chi connectivity index (χ2v) is 4.24. The molecular formula is C13H11ClF2N2. The molecule has 1 atom stereocenters. The molecule has 0 fully saturated rings. The van der Waals surface area contributed by atoms with Crippen LogP contribution in [0.4, 0.5) is 14.5 Å². The minimum atomic E-state index is -0.863. The van der Waals surface area contributed by atoms with Crippen molar-refractivity contribution in [3.8, 4) is 0 Å². The summed E-state index contributed by atoms with van der Waals surface area (Å²) in [4.78, 5) is 3.93. The van der Waals surface area contributed by atoms with Crippen molar-refractivity contribution in [3.05, 3.63) is 58.9 Å². The predicted molar refractivity (Wildman–Crippen MR) is 67.6 cm³/mol. The lowest BCUT2D eigenvalue weighted by Crippen LogP contribution is -2.08. The monoisotopic (exact) mass is 268 g/mol. The maximum absolute atomic E-state index is 13.1. The molecule has 0 bridgehead atoms. The van der Waals surface area contributed by atoms with Gasteiger partial charge in [0.2, 0.25) is 0 Å². The summed E-state index contributed by atoms with van der Waals surface area (Å²) in [5.74, 6) is -1.72. The number of halogens is 3. The molecule has 1 unspecified atom stereocenters. The van der Waals surface area contributed by atoms with Crippen LogP contribution >= 0.6 is 11.6 Å². The molecule has 1 aromatic heterocycles. The summed E-state index contributed by atoms with van der Waals surface area (Å²) in [5.41, 5.74) is 1.28. The van der Waals surface area contributed by atoms with Gasteiger partial charge in [-0.3, -0.25) is 0 Å². The van der Waals surface area contributed by atoms with Gasteiger partial charge in [0.15, 0.2) is 16.8 Å². The molecule has 0 saturated carbocycles. The number of nitrogens with one attached hydrogen (secondary N) is 1. The molecule has 1 aromatic carbocycles. The number of anilines is 1. The molecule has 2 rings (SSSR count). The van der Waals surface area contributed by atoms with Crippen molar-refractivity contribution in [1.29, 1.82) is 0 Å². The van der Waals surface area contributed by atoms with Gasteiger partial charge in [-0.05, 0) is 36.8 Å². The lowest BCUT2D eigenvalue weighted by atomic mass is 10.1. The highest BCUT2D eigenvalue weighted by molar-refractivity contribution is 6.31. The Morgan fingerprint density at radius 2 is 2.00 bits per heavy atom. The Labute approximate surface area is 109 Å². The second kappa shape index (κ2) is 5.31. The van der Waals surface area contributed by atoms with Crippen LogP contribution in [0.5, 0.6) is 0 Å². The second-order valence-electron chi connectivity index (χ2n) is 3.88. The van der Waals surface area contributed by atoms with E-state index in [4.69, 9.17) is 11.6 Å². The normalized spacial score (nSPS) is 12.2. The van der Waals surface area contributed by atoms with Crippen LogP contribution in [0.3, 0.4) is 0 Å². The molecule has 94 valence electrons. The van der Waals surface area contributed by atoms with Crippen molar-refractivity contribution in [2.24, 2.45) is 0 Å². The van der Waals surface area contributed by atoms with E-state index in [1.807, 2.05) is 6.92 Å². The smallest absolute Gasteiger partial charge is 0.159 e. The third-order valence-corrected chi connectivity index (χ3v) is 2.88. The fourth-order valence-corrected chi connectivity index (χ4v) is 1.77. The van der Waals surface area contributed by atoms with Gasteiger partial charge in [-0.2, -0.15) is 0 Å². The molecule has 0 aliphatic rings. The number of nitrogens with zero attached hydrogens (tertiary/aromatic N) is 1. The summed E-state index contributed by atoms with van der Waals surface area (Å²) < 4.78 is 25.9. The number of hydrogen-bond donors (Lipinski definition) is 1. The highest BCUT2D eigenvalue weighted by Crippen LogP contribution is 2.24. The number of pyridine rings is 1. The molecule has 2 aromatic rings. The van der Waals surface area contributed by atoms with Crippen LogP contribution in [0, 0.1) is 11.6 Å². The molecular weight excluding hydrogens is 258 g/mol. The number of hydrogen-bond acceptors (Lipinski definition) is 2. The van der Waals surface area contributed by atoms with Crippen LogP contribution < -0.4 is 5.32 Å². The first-order valence-electron chi connectivity index (χ1n) is 5.40. The van der Waals surface area contributed by atoms with Crippen LogP contribution in [-0.4, -0.2) is 4.98 Å². The highest BCUT2D eigenvalue weighted by atomic mass is 35.5. The Morgan fingerprint density at radius 1 is 1.22 bits per heavy atom. The molecule has 0 spiro atoms. The standard InChI is InChI=1S/C13H11ClF2N2/c1-8(9-4-5-10(15)11(16)7-9)18-12-3-2-6-17-13(12)14/h2-8,18H,1H3. The Balaban J connectivity index is 2.19. The van der Waals surface area contributed by atoms with Gasteiger partial charge in [-0.15, -0.1) is 0 Å². The molecule has 0 radical (unpaired) electrons. The van der Waals surface area contributed by atoms with Crippen LogP contribution in [-0.2, 0) is 0 Å². The van der Waals surface area contributed by atoms with E-state index < -0.39 is 11.6 Å². The minimum absolute atomic E-state index is 0.207. The molecule has 0 saturated heterocycles. The van der Waals surface area contributed by atoms with Gasteiger partial charge >= 0.3 is 0 Å². The first-order valence-corrected chi connectivity index (χ1v) is 5.77. The van der Waals surface area contributed by atoms with Crippen LogP contribution in [0.2, 0.25) is 5.15 Å². The average Bonchev–Trinajstić information content (AvgIpc) is 2.35. The summed E-state index contributed by atoms with van der Waals surface area (Å²) in [6.07, 6.45) is 1.58. The van der Waals surface area contributed by atoms with Gasteiger partial charge in [-0.25, -0.2) is 13.8 Å². The topological polar surface area (TPSA) is 24.9 Å². The molecule has 5 heteroatoms. The summed E-state index contributed by atoms with van der Waals surface area (Å²) >= 11 is 5.90. The van der Waals surface area contributed by atoms with Crippen molar-refractivity contribution in [1.82, 2.24) is 4.98 Å². The Hall–Kier alpha value is -1.68. The predicted octanol–water partition coefficient (Wildman–Crippen LogP) is 4.19. The average molecular weight is 269 g/mol. The molecule has 1 N–H and O–H groups in total. The van der Waals surface area contributed by atoms with Crippen molar-refractivity contribution in [2.75, 3.05) is 5.32 Å². The van der Waals surface area contributed by atoms with E-state index in [0.29, 0.717) is 16.4 Å². The first kappa shape index (κ1) is 12.8. The minimum Gasteiger partial charge on any atom is -0.376 e. The third-order valence-electron chi connectivity index (χ3n) is 2.57. The van der Waals surface area contributed by atoms with Gasteiger partial charge in [0.1, 0.15) is 0 Å². The van der Waals surface area contributed by atoms with E-state index in [0.717, 1.165) is 12.1 Å². The van der Waals surface area contributed by atoms with Crippen molar-refractivity contribution >= 4 is 17.3 Å². The van der Waals surface area contributed by atoms with E-state index in [1.54, 1.807) is 18.3 Å². The van der Waals surface area contributed by atoms with Gasteiger partial charge in [0.05, 0.1) is 5.69 Å². The Morgan fingerprint density at radius 3 is 2.67 bits per heavy atom. The van der Waals surface area contributed by atoms with Crippen LogP contribution in [0.15, 0.2) is 36.5 Å². The zero-order chi connectivity index (χ0) is 13.1. The van der Waals surface area contributed by atoms with E-state index >= 15 is 0 Å². The zero-order valence-corrected chi connectivity index (χ0v) is 10.4. The van der Waals surface area contributed by atoms with E-state index in [-0.39, 0.29) is 6.04 Å². The van der Waals surface area contributed by atoms with Crippen molar-refractivity contribution < 1.29 is 8.78 Å². The van der Waals surface area contributed by atoms with Crippen LogP contribution in [0.1, 0.15) is 18.5 Å². The fraction of sp³-hybridized carbons (Fsp3) is 0.154. The van der Waals surface area contributed by atoms with Crippen molar-refractivity contribution in [2.45, 2.75) is 13.0 Å². The highest BCUT2D eigenvalue weighted by Gasteiger charge is 2.10. The van der Waals surface area contributed by atoms with Gasteiger partial charge < -0.3 is 5.32 Å². The summed E-state index contributed by atoms with van der Waals surface area (Å²) in [6, 6.07) is 7.10. The summed E-state index contributed by atoms with van der Waals surface area (Å²) in [5, 5.41) is 3.43. The lowest BCUT2D eigenvalue weighted by molar-refractivity contribution is 0.506. The van der Waals surface area contributed by atoms with E-state index in [9.17, 15) is 8.78 Å². The summed E-state index contributed by atoms with van der Waals surface area (Å²) in [7, 11) is 0. The largest absolute Gasteiger partial charge is 0.376 e. The fourth-order valence-electron chi connectivity index (χ4n) is 1.59. The van der Waals surface area contributed by atoms with E-state index in [1.165, 1.54) is 6.07 Å². The SMILES string of the molecule is CC(Nc1cccnc1Cl)c1ccc(F)c(F)c1. The lowest BCUT2D eigenvalue weighted by Gasteiger charge is -2.16. The van der Waals surface area contributed by atoms with Crippen LogP contribution in [0.25, 0.3) is 0 Å². The molecule has 2 nitrogen and oxygen atoms in total. The van der Waals surface area contributed by atoms with Crippen molar-refractivity contribution in [3.63, 3.8) is 0 Å². The first-order chi connectivity index (χ1) is 8.58.